The molecule has 0 aromatic heterocycles. The van der Waals surface area contributed by atoms with Crippen molar-refractivity contribution < 1.29 is 14.3 Å². The Morgan fingerprint density at radius 2 is 1.90 bits per heavy atom. The van der Waals surface area contributed by atoms with Gasteiger partial charge >= 0.3 is 0 Å². The highest BCUT2D eigenvalue weighted by molar-refractivity contribution is 5.82. The van der Waals surface area contributed by atoms with E-state index < -0.39 is 12.1 Å². The van der Waals surface area contributed by atoms with Crippen LogP contribution in [0.2, 0.25) is 0 Å². The maximum atomic E-state index is 13.7. The molecular weight excluding hydrogens is 261 g/mol. The summed E-state index contributed by atoms with van der Waals surface area (Å²) in [5, 5.41) is 9.36. The van der Waals surface area contributed by atoms with E-state index in [9.17, 15) is 14.3 Å². The highest BCUT2D eigenvalue weighted by atomic mass is 19.1. The van der Waals surface area contributed by atoms with Crippen molar-refractivity contribution in [2.24, 2.45) is 5.73 Å². The van der Waals surface area contributed by atoms with Gasteiger partial charge in [-0.25, -0.2) is 4.39 Å². The number of hydrogen-bond donors (Lipinski definition) is 2. The lowest BCUT2D eigenvalue weighted by Gasteiger charge is -2.37. The Bertz CT molecular complexity index is 473. The van der Waals surface area contributed by atoms with Crippen molar-refractivity contribution in [1.29, 1.82) is 0 Å². The smallest absolute Gasteiger partial charge is 0.242 e. The van der Waals surface area contributed by atoms with Gasteiger partial charge in [-0.05, 0) is 19.1 Å². The number of aliphatic hydroxyl groups is 1. The van der Waals surface area contributed by atoms with Crippen LogP contribution in [0.5, 0.6) is 0 Å². The number of halogens is 1. The summed E-state index contributed by atoms with van der Waals surface area (Å²) in [7, 11) is 0. The Labute approximate surface area is 117 Å². The van der Waals surface area contributed by atoms with Crippen LogP contribution >= 0.6 is 0 Å². The van der Waals surface area contributed by atoms with Crippen molar-refractivity contribution in [3.8, 4) is 0 Å². The van der Waals surface area contributed by atoms with Gasteiger partial charge in [-0.2, -0.15) is 0 Å². The molecule has 0 radical (unpaired) electrons. The fraction of sp³-hybridized carbons (Fsp3) is 0.500. The largest absolute Gasteiger partial charge is 0.391 e. The fourth-order valence-corrected chi connectivity index (χ4v) is 2.29. The Kier molecular flexibility index (Phi) is 4.57. The third kappa shape index (κ3) is 3.08. The molecule has 110 valence electrons. The van der Waals surface area contributed by atoms with Gasteiger partial charge in [0.15, 0.2) is 0 Å². The Balaban J connectivity index is 1.96. The lowest BCUT2D eigenvalue weighted by Crippen LogP contribution is -2.55. The summed E-state index contributed by atoms with van der Waals surface area (Å²) in [6.45, 7) is 3.57. The minimum absolute atomic E-state index is 0.256. The van der Waals surface area contributed by atoms with Gasteiger partial charge in [0.1, 0.15) is 11.9 Å². The molecule has 2 rings (SSSR count). The number of nitrogens with two attached hydrogens (primary N) is 1. The number of piperazine rings is 1. The molecular formula is C14H20FN3O2. The predicted octanol–water partition coefficient (Wildman–Crippen LogP) is 0.182. The van der Waals surface area contributed by atoms with Crippen LogP contribution in [-0.4, -0.2) is 54.2 Å². The summed E-state index contributed by atoms with van der Waals surface area (Å²) in [4.78, 5) is 15.5. The van der Waals surface area contributed by atoms with Crippen molar-refractivity contribution in [1.82, 2.24) is 4.90 Å². The molecule has 1 aromatic rings. The summed E-state index contributed by atoms with van der Waals surface area (Å²) < 4.78 is 13.7. The van der Waals surface area contributed by atoms with Gasteiger partial charge in [0, 0.05) is 26.2 Å². The van der Waals surface area contributed by atoms with Crippen molar-refractivity contribution in [3.63, 3.8) is 0 Å². The molecule has 1 amide bonds. The molecule has 3 N–H and O–H groups in total. The molecule has 1 saturated heterocycles. The lowest BCUT2D eigenvalue weighted by molar-refractivity contribution is -0.135. The second-order valence-electron chi connectivity index (χ2n) is 5.03. The fourth-order valence-electron chi connectivity index (χ4n) is 2.29. The summed E-state index contributed by atoms with van der Waals surface area (Å²) in [5.41, 5.74) is 6.20. The highest BCUT2D eigenvalue weighted by Crippen LogP contribution is 2.20. The summed E-state index contributed by atoms with van der Waals surface area (Å²) in [5.74, 6) is -0.513. The number of para-hydroxylation sites is 1. The van der Waals surface area contributed by atoms with E-state index >= 15 is 0 Å². The number of carbonyl (C=O) groups excluding carboxylic acids is 1. The number of amides is 1. The molecule has 1 aliphatic heterocycles. The van der Waals surface area contributed by atoms with Crippen LogP contribution < -0.4 is 10.6 Å². The molecule has 2 atom stereocenters. The minimum atomic E-state index is -0.894. The summed E-state index contributed by atoms with van der Waals surface area (Å²) in [6.07, 6.45) is -0.868. The molecule has 1 aliphatic rings. The van der Waals surface area contributed by atoms with Crippen molar-refractivity contribution in [2.45, 2.75) is 19.1 Å². The highest BCUT2D eigenvalue weighted by Gasteiger charge is 2.28. The third-order valence-electron chi connectivity index (χ3n) is 3.59. The molecule has 1 heterocycles. The maximum absolute atomic E-state index is 13.7. The number of anilines is 1. The van der Waals surface area contributed by atoms with E-state index in [0.717, 1.165) is 0 Å². The SMILES string of the molecule is C[C@H](O)[C@@H](N)C(=O)N1CCN(c2ccccc2F)CC1. The predicted molar refractivity (Wildman–Crippen MR) is 74.8 cm³/mol. The average Bonchev–Trinajstić information content (AvgIpc) is 2.46. The monoisotopic (exact) mass is 281 g/mol. The van der Waals surface area contributed by atoms with Crippen LogP contribution in [0.25, 0.3) is 0 Å². The standard InChI is InChI=1S/C14H20FN3O2/c1-10(19)13(16)14(20)18-8-6-17(7-9-18)12-5-3-2-4-11(12)15/h2-5,10,13,19H,6-9,16H2,1H3/t10-,13+/m0/s1. The van der Waals surface area contributed by atoms with E-state index in [1.807, 2.05) is 4.90 Å². The average molecular weight is 281 g/mol. The van der Waals surface area contributed by atoms with Crippen molar-refractivity contribution in [3.05, 3.63) is 30.1 Å². The van der Waals surface area contributed by atoms with Crippen LogP contribution in [0.1, 0.15) is 6.92 Å². The van der Waals surface area contributed by atoms with Gasteiger partial charge in [0.2, 0.25) is 5.91 Å². The van der Waals surface area contributed by atoms with Gasteiger partial charge in [0.05, 0.1) is 11.8 Å². The number of carbonyl (C=O) groups is 1. The third-order valence-corrected chi connectivity index (χ3v) is 3.59. The second kappa shape index (κ2) is 6.19. The first kappa shape index (κ1) is 14.7. The van der Waals surface area contributed by atoms with Crippen LogP contribution in [0.3, 0.4) is 0 Å². The number of nitrogens with zero attached hydrogens (tertiary/aromatic N) is 2. The van der Waals surface area contributed by atoms with E-state index in [0.29, 0.717) is 31.9 Å². The van der Waals surface area contributed by atoms with Gasteiger partial charge in [0.25, 0.3) is 0 Å². The Morgan fingerprint density at radius 1 is 1.30 bits per heavy atom. The molecule has 1 fully saturated rings. The molecule has 5 nitrogen and oxygen atoms in total. The van der Waals surface area contributed by atoms with E-state index in [2.05, 4.69) is 0 Å². The van der Waals surface area contributed by atoms with Gasteiger partial charge in [-0.1, -0.05) is 12.1 Å². The zero-order chi connectivity index (χ0) is 14.7. The first-order valence-electron chi connectivity index (χ1n) is 6.72. The van der Waals surface area contributed by atoms with Gasteiger partial charge in [-0.15, -0.1) is 0 Å². The van der Waals surface area contributed by atoms with Crippen LogP contribution in [0, 0.1) is 5.82 Å². The van der Waals surface area contributed by atoms with Gasteiger partial charge < -0.3 is 20.6 Å². The molecule has 0 unspecified atom stereocenters. The lowest BCUT2D eigenvalue weighted by atomic mass is 10.1. The Hall–Kier alpha value is -1.66. The topological polar surface area (TPSA) is 69.8 Å². The molecule has 20 heavy (non-hydrogen) atoms. The van der Waals surface area contributed by atoms with Crippen LogP contribution in [0.4, 0.5) is 10.1 Å². The second-order valence-corrected chi connectivity index (χ2v) is 5.03. The number of hydrogen-bond acceptors (Lipinski definition) is 4. The maximum Gasteiger partial charge on any atom is 0.242 e. The molecule has 0 bridgehead atoms. The van der Waals surface area contributed by atoms with E-state index in [4.69, 9.17) is 5.73 Å². The molecule has 1 aromatic carbocycles. The zero-order valence-corrected chi connectivity index (χ0v) is 11.5. The van der Waals surface area contributed by atoms with Crippen LogP contribution in [-0.2, 0) is 4.79 Å². The summed E-state index contributed by atoms with van der Waals surface area (Å²) in [6, 6.07) is 5.71. The number of benzene rings is 1. The number of rotatable bonds is 3. The zero-order valence-electron chi connectivity index (χ0n) is 11.5. The molecule has 0 saturated carbocycles. The molecule has 0 aliphatic carbocycles. The number of aliphatic hydroxyl groups excluding tert-OH is 1. The van der Waals surface area contributed by atoms with Crippen molar-refractivity contribution >= 4 is 11.6 Å². The first-order chi connectivity index (χ1) is 9.50. The minimum Gasteiger partial charge on any atom is -0.391 e. The van der Waals surface area contributed by atoms with E-state index in [1.165, 1.54) is 13.0 Å². The Morgan fingerprint density at radius 3 is 2.45 bits per heavy atom. The summed E-state index contributed by atoms with van der Waals surface area (Å²) >= 11 is 0. The van der Waals surface area contributed by atoms with E-state index in [1.54, 1.807) is 23.1 Å². The van der Waals surface area contributed by atoms with Gasteiger partial charge in [-0.3, -0.25) is 4.79 Å². The first-order valence-corrected chi connectivity index (χ1v) is 6.72. The quantitative estimate of drug-likeness (QED) is 0.829. The molecule has 6 heteroatoms. The van der Waals surface area contributed by atoms with Crippen LogP contribution in [0.15, 0.2) is 24.3 Å². The van der Waals surface area contributed by atoms with Crippen molar-refractivity contribution in [2.75, 3.05) is 31.1 Å². The molecule has 0 spiro atoms. The normalized spacial score (nSPS) is 18.8. The van der Waals surface area contributed by atoms with E-state index in [-0.39, 0.29) is 11.7 Å².